The van der Waals surface area contributed by atoms with Crippen molar-refractivity contribution in [1.29, 1.82) is 0 Å². The molecule has 0 aliphatic heterocycles. The van der Waals surface area contributed by atoms with Gasteiger partial charge in [0.2, 0.25) is 5.91 Å². The molecule has 0 spiro atoms. The van der Waals surface area contributed by atoms with Crippen LogP contribution in [-0.2, 0) is 16.1 Å². The van der Waals surface area contributed by atoms with E-state index < -0.39 is 0 Å². The van der Waals surface area contributed by atoms with Gasteiger partial charge < -0.3 is 14.6 Å². The highest BCUT2D eigenvalue weighted by Crippen LogP contribution is 2.25. The first-order valence-electron chi connectivity index (χ1n) is 8.95. The number of carbonyl (C=O) groups excluding carboxylic acids is 1. The molecular formula is C19H27N3O2. The maximum absolute atomic E-state index is 12.5. The van der Waals surface area contributed by atoms with Gasteiger partial charge in [-0.15, -0.1) is 0 Å². The Morgan fingerprint density at radius 3 is 2.83 bits per heavy atom. The topological polar surface area (TPSA) is 56.1 Å². The van der Waals surface area contributed by atoms with Crippen molar-refractivity contribution in [2.45, 2.75) is 51.6 Å². The summed E-state index contributed by atoms with van der Waals surface area (Å²) >= 11 is 0. The Balaban J connectivity index is 1.80. The quantitative estimate of drug-likeness (QED) is 0.883. The van der Waals surface area contributed by atoms with Gasteiger partial charge in [-0.25, -0.2) is 4.98 Å². The fourth-order valence-corrected chi connectivity index (χ4v) is 3.60. The van der Waals surface area contributed by atoms with Gasteiger partial charge in [-0.2, -0.15) is 0 Å². The van der Waals surface area contributed by atoms with E-state index in [2.05, 4.69) is 16.0 Å². The molecule has 5 nitrogen and oxygen atoms in total. The minimum absolute atomic E-state index is 0.108. The molecule has 1 amide bonds. The summed E-state index contributed by atoms with van der Waals surface area (Å²) in [5.41, 5.74) is 2.05. The maximum Gasteiger partial charge on any atom is 0.223 e. The van der Waals surface area contributed by atoms with Crippen molar-refractivity contribution in [3.05, 3.63) is 30.1 Å². The number of imidazole rings is 1. The van der Waals surface area contributed by atoms with Crippen molar-refractivity contribution in [2.24, 2.45) is 5.92 Å². The summed E-state index contributed by atoms with van der Waals surface area (Å²) in [5, 5.41) is 3.18. The van der Waals surface area contributed by atoms with E-state index in [0.717, 1.165) is 36.2 Å². The van der Waals surface area contributed by atoms with Crippen LogP contribution in [0.1, 0.15) is 50.9 Å². The monoisotopic (exact) mass is 329 g/mol. The summed E-state index contributed by atoms with van der Waals surface area (Å²) in [5.74, 6) is 1.24. The zero-order valence-electron chi connectivity index (χ0n) is 14.6. The van der Waals surface area contributed by atoms with Crippen molar-refractivity contribution in [3.8, 4) is 0 Å². The highest BCUT2D eigenvalue weighted by atomic mass is 16.5. The molecule has 1 aromatic heterocycles. The lowest BCUT2D eigenvalue weighted by Crippen LogP contribution is -2.35. The third-order valence-corrected chi connectivity index (χ3v) is 4.93. The minimum Gasteiger partial charge on any atom is -0.383 e. The zero-order valence-corrected chi connectivity index (χ0v) is 14.6. The lowest BCUT2D eigenvalue weighted by Gasteiger charge is -2.23. The first kappa shape index (κ1) is 17.0. The molecule has 1 atom stereocenters. The number of nitrogens with zero attached hydrogens (tertiary/aromatic N) is 2. The Bertz CT molecular complexity index is 689. The van der Waals surface area contributed by atoms with E-state index in [9.17, 15) is 4.79 Å². The number of benzene rings is 1. The molecule has 0 bridgehead atoms. The molecule has 130 valence electrons. The van der Waals surface area contributed by atoms with Gasteiger partial charge in [0.25, 0.3) is 0 Å². The summed E-state index contributed by atoms with van der Waals surface area (Å²) in [6, 6.07) is 7.98. The molecule has 1 aromatic carbocycles. The Labute approximate surface area is 143 Å². The number of hydrogen-bond acceptors (Lipinski definition) is 3. The van der Waals surface area contributed by atoms with Crippen LogP contribution in [0.15, 0.2) is 24.3 Å². The third-order valence-electron chi connectivity index (χ3n) is 4.93. The molecule has 2 aromatic rings. The van der Waals surface area contributed by atoms with E-state index in [1.807, 2.05) is 25.1 Å². The average Bonchev–Trinajstić information content (AvgIpc) is 2.99. The van der Waals surface area contributed by atoms with E-state index in [0.29, 0.717) is 6.61 Å². The minimum atomic E-state index is -0.108. The Hall–Kier alpha value is -1.88. The summed E-state index contributed by atoms with van der Waals surface area (Å²) in [6.07, 6.45) is 5.61. The SMILES string of the molecule is COCCn1c(C(C)NC(=O)C2CCCCC2)nc2ccccc21. The molecule has 1 aliphatic rings. The predicted octanol–water partition coefficient (Wildman–Crippen LogP) is 3.44. The Morgan fingerprint density at radius 2 is 2.08 bits per heavy atom. The fraction of sp³-hybridized carbons (Fsp3) is 0.579. The van der Waals surface area contributed by atoms with Crippen LogP contribution < -0.4 is 5.32 Å². The van der Waals surface area contributed by atoms with Gasteiger partial charge in [-0.1, -0.05) is 31.4 Å². The van der Waals surface area contributed by atoms with E-state index in [1.165, 1.54) is 19.3 Å². The summed E-state index contributed by atoms with van der Waals surface area (Å²) < 4.78 is 7.40. The lowest BCUT2D eigenvalue weighted by atomic mass is 9.88. The third kappa shape index (κ3) is 3.61. The van der Waals surface area contributed by atoms with Crippen molar-refractivity contribution < 1.29 is 9.53 Å². The number of methoxy groups -OCH3 is 1. The maximum atomic E-state index is 12.5. The number of nitrogens with one attached hydrogen (secondary N) is 1. The van der Waals surface area contributed by atoms with Crippen molar-refractivity contribution in [1.82, 2.24) is 14.9 Å². The highest BCUT2D eigenvalue weighted by molar-refractivity contribution is 5.80. The summed E-state index contributed by atoms with van der Waals surface area (Å²) in [7, 11) is 1.70. The van der Waals surface area contributed by atoms with Gasteiger partial charge in [-0.3, -0.25) is 4.79 Å². The van der Waals surface area contributed by atoms with Crippen LogP contribution in [0.3, 0.4) is 0 Å². The van der Waals surface area contributed by atoms with E-state index in [4.69, 9.17) is 9.72 Å². The normalized spacial score (nSPS) is 17.1. The molecular weight excluding hydrogens is 302 g/mol. The highest BCUT2D eigenvalue weighted by Gasteiger charge is 2.24. The molecule has 1 N–H and O–H groups in total. The number of carbonyl (C=O) groups is 1. The first-order valence-corrected chi connectivity index (χ1v) is 8.95. The van der Waals surface area contributed by atoms with Crippen LogP contribution in [-0.4, -0.2) is 29.2 Å². The molecule has 3 rings (SSSR count). The summed E-state index contributed by atoms with van der Waals surface area (Å²) in [4.78, 5) is 17.3. The molecule has 24 heavy (non-hydrogen) atoms. The van der Waals surface area contributed by atoms with E-state index >= 15 is 0 Å². The fourth-order valence-electron chi connectivity index (χ4n) is 3.60. The second-order valence-electron chi connectivity index (χ2n) is 6.67. The van der Waals surface area contributed by atoms with Crippen LogP contribution in [0.25, 0.3) is 11.0 Å². The molecule has 1 aliphatic carbocycles. The predicted molar refractivity (Wildman–Crippen MR) is 94.7 cm³/mol. The van der Waals surface area contributed by atoms with Gasteiger partial charge in [0.05, 0.1) is 23.7 Å². The Morgan fingerprint density at radius 1 is 1.33 bits per heavy atom. The van der Waals surface area contributed by atoms with Crippen molar-refractivity contribution >= 4 is 16.9 Å². The van der Waals surface area contributed by atoms with Crippen molar-refractivity contribution in [3.63, 3.8) is 0 Å². The number of amides is 1. The van der Waals surface area contributed by atoms with Crippen LogP contribution in [0.4, 0.5) is 0 Å². The van der Waals surface area contributed by atoms with Gasteiger partial charge in [0.15, 0.2) is 0 Å². The molecule has 1 fully saturated rings. The summed E-state index contributed by atoms with van der Waals surface area (Å²) in [6.45, 7) is 3.37. The van der Waals surface area contributed by atoms with Crippen molar-refractivity contribution in [2.75, 3.05) is 13.7 Å². The zero-order chi connectivity index (χ0) is 16.9. The van der Waals surface area contributed by atoms with Crippen LogP contribution in [0.5, 0.6) is 0 Å². The van der Waals surface area contributed by atoms with Gasteiger partial charge in [-0.05, 0) is 31.9 Å². The smallest absolute Gasteiger partial charge is 0.223 e. The lowest BCUT2D eigenvalue weighted by molar-refractivity contribution is -0.126. The molecule has 1 unspecified atom stereocenters. The van der Waals surface area contributed by atoms with E-state index in [-0.39, 0.29) is 17.9 Å². The average molecular weight is 329 g/mol. The Kier molecular flexibility index (Phi) is 5.51. The molecule has 0 radical (unpaired) electrons. The second-order valence-corrected chi connectivity index (χ2v) is 6.67. The largest absolute Gasteiger partial charge is 0.383 e. The van der Waals surface area contributed by atoms with Crippen LogP contribution in [0, 0.1) is 5.92 Å². The molecule has 1 saturated carbocycles. The van der Waals surface area contributed by atoms with E-state index in [1.54, 1.807) is 7.11 Å². The number of ether oxygens (including phenoxy) is 1. The first-order chi connectivity index (χ1) is 11.7. The number of rotatable bonds is 6. The van der Waals surface area contributed by atoms with Gasteiger partial charge in [0, 0.05) is 19.6 Å². The number of fused-ring (bicyclic) bond motifs is 1. The number of para-hydroxylation sites is 2. The van der Waals surface area contributed by atoms with Gasteiger partial charge >= 0.3 is 0 Å². The number of hydrogen-bond donors (Lipinski definition) is 1. The molecule has 5 heteroatoms. The van der Waals surface area contributed by atoms with Crippen LogP contribution in [0.2, 0.25) is 0 Å². The number of aromatic nitrogens is 2. The molecule has 1 heterocycles. The van der Waals surface area contributed by atoms with Crippen LogP contribution >= 0.6 is 0 Å². The van der Waals surface area contributed by atoms with Gasteiger partial charge in [0.1, 0.15) is 5.82 Å². The standard InChI is InChI=1S/C19H27N3O2/c1-14(20-19(23)15-8-4-3-5-9-15)18-21-16-10-6-7-11-17(16)22(18)12-13-24-2/h6-7,10-11,14-15H,3-5,8-9,12-13H2,1-2H3,(H,20,23). The molecule has 0 saturated heterocycles. The second kappa shape index (κ2) is 7.79.